The van der Waals surface area contributed by atoms with Gasteiger partial charge in [0, 0.05) is 24.5 Å². The Hall–Kier alpha value is -0.890. The minimum absolute atomic E-state index is 0.541. The third kappa shape index (κ3) is 2.88. The Bertz CT molecular complexity index is 505. The lowest BCUT2D eigenvalue weighted by Crippen LogP contribution is -2.34. The van der Waals surface area contributed by atoms with Gasteiger partial charge in [-0.2, -0.15) is 0 Å². The summed E-state index contributed by atoms with van der Waals surface area (Å²) in [6.45, 7) is 17.4. The van der Waals surface area contributed by atoms with Crippen molar-refractivity contribution in [1.29, 1.82) is 0 Å². The van der Waals surface area contributed by atoms with E-state index in [0.717, 1.165) is 6.54 Å². The van der Waals surface area contributed by atoms with E-state index in [0.29, 0.717) is 29.7 Å². The summed E-state index contributed by atoms with van der Waals surface area (Å²) in [4.78, 5) is 7.28. The third-order valence-electron chi connectivity index (χ3n) is 5.54. The zero-order valence-electron chi connectivity index (χ0n) is 15.1. The van der Waals surface area contributed by atoms with Crippen molar-refractivity contribution in [1.82, 2.24) is 9.88 Å². The first-order chi connectivity index (χ1) is 9.75. The topological polar surface area (TPSA) is 16.1 Å². The van der Waals surface area contributed by atoms with Crippen LogP contribution in [0.1, 0.15) is 81.7 Å². The van der Waals surface area contributed by atoms with Crippen molar-refractivity contribution in [2.24, 2.45) is 5.92 Å². The molecule has 0 saturated heterocycles. The molecule has 1 aromatic heterocycles. The van der Waals surface area contributed by atoms with E-state index < -0.39 is 0 Å². The molecule has 1 aromatic rings. The number of aromatic nitrogens is 1. The second kappa shape index (κ2) is 6.08. The highest BCUT2D eigenvalue weighted by atomic mass is 15.1. The molecular weight excluding hydrogens is 256 g/mol. The molecule has 0 aliphatic carbocycles. The van der Waals surface area contributed by atoms with Gasteiger partial charge in [-0.3, -0.25) is 4.98 Å². The fourth-order valence-corrected chi connectivity index (χ4v) is 3.84. The Morgan fingerprint density at radius 2 is 1.76 bits per heavy atom. The van der Waals surface area contributed by atoms with Gasteiger partial charge in [-0.1, -0.05) is 34.6 Å². The lowest BCUT2D eigenvalue weighted by molar-refractivity contribution is 0.216. The molecule has 2 heteroatoms. The van der Waals surface area contributed by atoms with Crippen LogP contribution in [0, 0.1) is 12.8 Å². The van der Waals surface area contributed by atoms with Crippen molar-refractivity contribution in [2.45, 2.75) is 72.3 Å². The van der Waals surface area contributed by atoms with Crippen molar-refractivity contribution in [3.63, 3.8) is 0 Å². The van der Waals surface area contributed by atoms with Gasteiger partial charge < -0.3 is 4.90 Å². The molecule has 3 atom stereocenters. The summed E-state index contributed by atoms with van der Waals surface area (Å²) in [7, 11) is 2.28. The maximum atomic E-state index is 4.74. The predicted molar refractivity (Wildman–Crippen MR) is 91.1 cm³/mol. The molecular formula is C19H32N2. The molecule has 1 aliphatic heterocycles. The van der Waals surface area contributed by atoms with Crippen molar-refractivity contribution in [3.05, 3.63) is 28.6 Å². The fourth-order valence-electron chi connectivity index (χ4n) is 3.84. The highest BCUT2D eigenvalue weighted by molar-refractivity contribution is 5.44. The van der Waals surface area contributed by atoms with E-state index in [2.05, 4.69) is 66.6 Å². The molecule has 0 spiro atoms. The number of fused-ring (bicyclic) bond motifs is 1. The minimum atomic E-state index is 0.541. The zero-order valence-corrected chi connectivity index (χ0v) is 15.1. The van der Waals surface area contributed by atoms with Gasteiger partial charge in [-0.15, -0.1) is 0 Å². The van der Waals surface area contributed by atoms with Crippen LogP contribution in [0.4, 0.5) is 0 Å². The van der Waals surface area contributed by atoms with E-state index >= 15 is 0 Å². The van der Waals surface area contributed by atoms with Crippen LogP contribution in [0.15, 0.2) is 6.20 Å². The zero-order chi connectivity index (χ0) is 15.9. The van der Waals surface area contributed by atoms with E-state index in [4.69, 9.17) is 4.98 Å². The average molecular weight is 288 g/mol. The summed E-state index contributed by atoms with van der Waals surface area (Å²) in [6, 6.07) is 0.565. The number of hydrogen-bond donors (Lipinski definition) is 0. The van der Waals surface area contributed by atoms with Crippen LogP contribution in [0.2, 0.25) is 0 Å². The van der Waals surface area contributed by atoms with Crippen molar-refractivity contribution in [2.75, 3.05) is 13.6 Å². The SMILES string of the molecule is Cc1ncc(C(C)C)c2c1[C@H](C)[C@H](C)N(C)CC2C(C)C. The van der Waals surface area contributed by atoms with Crippen molar-refractivity contribution >= 4 is 0 Å². The van der Waals surface area contributed by atoms with Gasteiger partial charge >= 0.3 is 0 Å². The molecule has 0 N–H and O–H groups in total. The summed E-state index contributed by atoms with van der Waals surface area (Å²) in [6.07, 6.45) is 2.14. The Morgan fingerprint density at radius 3 is 2.29 bits per heavy atom. The number of aryl methyl sites for hydroxylation is 1. The first-order valence-electron chi connectivity index (χ1n) is 8.45. The summed E-state index contributed by atoms with van der Waals surface area (Å²) in [5.74, 6) is 2.35. The lowest BCUT2D eigenvalue weighted by Gasteiger charge is -2.29. The third-order valence-corrected chi connectivity index (χ3v) is 5.54. The first kappa shape index (κ1) is 16.5. The van der Waals surface area contributed by atoms with E-state index in [9.17, 15) is 0 Å². The van der Waals surface area contributed by atoms with Gasteiger partial charge in [-0.05, 0) is 61.3 Å². The Kier molecular flexibility index (Phi) is 4.77. The molecule has 0 amide bonds. The van der Waals surface area contributed by atoms with Gasteiger partial charge in [0.25, 0.3) is 0 Å². The van der Waals surface area contributed by atoms with Crippen LogP contribution in [-0.4, -0.2) is 29.5 Å². The second-order valence-electron chi connectivity index (χ2n) is 7.60. The van der Waals surface area contributed by atoms with E-state index in [1.807, 2.05) is 0 Å². The first-order valence-corrected chi connectivity index (χ1v) is 8.45. The molecule has 21 heavy (non-hydrogen) atoms. The molecule has 0 fully saturated rings. The van der Waals surface area contributed by atoms with Gasteiger partial charge in [0.1, 0.15) is 0 Å². The van der Waals surface area contributed by atoms with Gasteiger partial charge in [0.15, 0.2) is 0 Å². The van der Waals surface area contributed by atoms with Crippen LogP contribution >= 0.6 is 0 Å². The highest BCUT2D eigenvalue weighted by Crippen LogP contribution is 2.42. The minimum Gasteiger partial charge on any atom is -0.302 e. The van der Waals surface area contributed by atoms with E-state index in [1.165, 1.54) is 16.8 Å². The number of pyridine rings is 1. The highest BCUT2D eigenvalue weighted by Gasteiger charge is 2.34. The molecule has 0 radical (unpaired) electrons. The number of nitrogens with zero attached hydrogens (tertiary/aromatic N) is 2. The molecule has 2 heterocycles. The van der Waals surface area contributed by atoms with Gasteiger partial charge in [0.05, 0.1) is 0 Å². The Morgan fingerprint density at radius 1 is 1.14 bits per heavy atom. The molecule has 2 rings (SSSR count). The number of rotatable bonds is 2. The smallest absolute Gasteiger partial charge is 0.0410 e. The fraction of sp³-hybridized carbons (Fsp3) is 0.737. The summed E-state index contributed by atoms with van der Waals surface area (Å²) >= 11 is 0. The standard InChI is InChI=1S/C19H32N2/c1-11(2)16-9-20-14(6)18-13(5)15(7)21(8)10-17(12(3)4)19(16)18/h9,11-13,15,17H,10H2,1-8H3/t13-,15+,17?/m1/s1. The van der Waals surface area contributed by atoms with Crippen molar-refractivity contribution < 1.29 is 0 Å². The largest absolute Gasteiger partial charge is 0.302 e. The molecule has 0 aromatic carbocycles. The molecule has 118 valence electrons. The van der Waals surface area contributed by atoms with Gasteiger partial charge in [0.2, 0.25) is 0 Å². The maximum Gasteiger partial charge on any atom is 0.0410 e. The summed E-state index contributed by atoms with van der Waals surface area (Å²) in [5.41, 5.74) is 5.83. The lowest BCUT2D eigenvalue weighted by atomic mass is 9.78. The maximum absolute atomic E-state index is 4.74. The van der Waals surface area contributed by atoms with Crippen LogP contribution in [0.5, 0.6) is 0 Å². The Labute approximate surface area is 131 Å². The van der Waals surface area contributed by atoms with Crippen molar-refractivity contribution in [3.8, 4) is 0 Å². The monoisotopic (exact) mass is 288 g/mol. The van der Waals surface area contributed by atoms with Gasteiger partial charge in [-0.25, -0.2) is 0 Å². The molecule has 0 bridgehead atoms. The van der Waals surface area contributed by atoms with Crippen LogP contribution in [-0.2, 0) is 0 Å². The quantitative estimate of drug-likeness (QED) is 0.785. The predicted octanol–water partition coefficient (Wildman–Crippen LogP) is 4.69. The molecule has 1 aliphatic rings. The van der Waals surface area contributed by atoms with E-state index in [-0.39, 0.29) is 0 Å². The Balaban J connectivity index is 2.74. The van der Waals surface area contributed by atoms with Crippen LogP contribution < -0.4 is 0 Å². The normalized spacial score (nSPS) is 27.0. The molecule has 0 saturated carbocycles. The number of likely N-dealkylation sites (N-methyl/N-ethyl adjacent to an activating group) is 1. The molecule has 2 nitrogen and oxygen atoms in total. The molecule has 1 unspecified atom stereocenters. The second-order valence-corrected chi connectivity index (χ2v) is 7.60. The summed E-state index contributed by atoms with van der Waals surface area (Å²) in [5, 5.41) is 0. The summed E-state index contributed by atoms with van der Waals surface area (Å²) < 4.78 is 0. The number of hydrogen-bond acceptors (Lipinski definition) is 2. The van der Waals surface area contributed by atoms with Crippen LogP contribution in [0.3, 0.4) is 0 Å². The average Bonchev–Trinajstić information content (AvgIpc) is 2.50. The van der Waals surface area contributed by atoms with E-state index in [1.54, 1.807) is 5.56 Å². The van der Waals surface area contributed by atoms with Crippen LogP contribution in [0.25, 0.3) is 0 Å².